The van der Waals surface area contributed by atoms with E-state index in [-0.39, 0.29) is 12.6 Å². The Morgan fingerprint density at radius 2 is 2.56 bits per heavy atom. The van der Waals surface area contributed by atoms with E-state index >= 15 is 0 Å². The minimum atomic E-state index is -0.0925. The molecule has 2 heterocycles. The van der Waals surface area contributed by atoms with Gasteiger partial charge >= 0.3 is 0 Å². The number of aliphatic hydroxyl groups is 1. The first-order valence-electron chi connectivity index (χ1n) is 5.17. The summed E-state index contributed by atoms with van der Waals surface area (Å²) >= 11 is 0. The zero-order valence-corrected chi connectivity index (χ0v) is 8.83. The predicted octanol–water partition coefficient (Wildman–Crippen LogP) is 0.151. The zero-order valence-electron chi connectivity index (χ0n) is 8.83. The van der Waals surface area contributed by atoms with Crippen molar-refractivity contribution in [2.45, 2.75) is 6.04 Å². The first kappa shape index (κ1) is 10.9. The Kier molecular flexibility index (Phi) is 3.34. The van der Waals surface area contributed by atoms with Gasteiger partial charge in [0, 0.05) is 12.7 Å². The van der Waals surface area contributed by atoms with Crippen molar-refractivity contribution in [3.8, 4) is 6.07 Å². The number of hydrogen-bond acceptors (Lipinski definition) is 5. The van der Waals surface area contributed by atoms with Crippen LogP contribution in [0.25, 0.3) is 0 Å². The van der Waals surface area contributed by atoms with E-state index in [4.69, 9.17) is 10.00 Å². The van der Waals surface area contributed by atoms with Crippen LogP contribution in [0.4, 0.5) is 5.69 Å². The molecule has 1 atom stereocenters. The van der Waals surface area contributed by atoms with Crippen LogP contribution >= 0.6 is 0 Å². The van der Waals surface area contributed by atoms with Gasteiger partial charge < -0.3 is 14.7 Å². The monoisotopic (exact) mass is 219 g/mol. The average molecular weight is 219 g/mol. The summed E-state index contributed by atoms with van der Waals surface area (Å²) in [6, 6.07) is 5.61. The summed E-state index contributed by atoms with van der Waals surface area (Å²) in [6.45, 7) is 1.78. The highest BCUT2D eigenvalue weighted by Gasteiger charge is 2.24. The van der Waals surface area contributed by atoms with Gasteiger partial charge in [0.15, 0.2) is 5.69 Å². The molecule has 1 saturated heterocycles. The molecule has 0 saturated carbocycles. The van der Waals surface area contributed by atoms with E-state index in [2.05, 4.69) is 11.1 Å². The fourth-order valence-corrected chi connectivity index (χ4v) is 1.84. The number of pyridine rings is 1. The molecule has 5 nitrogen and oxygen atoms in total. The Balaban J connectivity index is 2.31. The number of aliphatic hydroxyl groups excluding tert-OH is 1. The third-order valence-corrected chi connectivity index (χ3v) is 2.64. The Labute approximate surface area is 93.9 Å². The van der Waals surface area contributed by atoms with Crippen molar-refractivity contribution < 1.29 is 9.84 Å². The summed E-state index contributed by atoms with van der Waals surface area (Å²) in [5, 5.41) is 18.2. The van der Waals surface area contributed by atoms with Gasteiger partial charge in [0.05, 0.1) is 31.5 Å². The highest BCUT2D eigenvalue weighted by molar-refractivity contribution is 5.56. The van der Waals surface area contributed by atoms with Crippen LogP contribution in [0.2, 0.25) is 0 Å². The van der Waals surface area contributed by atoms with Crippen molar-refractivity contribution in [3.63, 3.8) is 0 Å². The minimum absolute atomic E-state index is 0.0137. The second kappa shape index (κ2) is 4.92. The van der Waals surface area contributed by atoms with Gasteiger partial charge in [-0.15, -0.1) is 0 Å². The molecule has 16 heavy (non-hydrogen) atoms. The molecule has 1 fully saturated rings. The molecule has 1 N–H and O–H groups in total. The first-order chi connectivity index (χ1) is 7.86. The molecule has 0 aromatic carbocycles. The molecule has 0 aliphatic carbocycles. The normalized spacial score (nSPS) is 20.5. The lowest BCUT2D eigenvalue weighted by Crippen LogP contribution is -2.48. The first-order valence-corrected chi connectivity index (χ1v) is 5.17. The van der Waals surface area contributed by atoms with Gasteiger partial charge in [-0.3, -0.25) is 0 Å². The third-order valence-electron chi connectivity index (χ3n) is 2.64. The van der Waals surface area contributed by atoms with Gasteiger partial charge in [0.2, 0.25) is 0 Å². The Hall–Kier alpha value is -1.64. The van der Waals surface area contributed by atoms with E-state index in [1.807, 2.05) is 11.0 Å². The number of aromatic nitrogens is 1. The summed E-state index contributed by atoms with van der Waals surface area (Å²) in [6.07, 6.45) is 1.59. The van der Waals surface area contributed by atoms with Gasteiger partial charge in [0.1, 0.15) is 6.07 Å². The van der Waals surface area contributed by atoms with Crippen molar-refractivity contribution in [1.82, 2.24) is 4.98 Å². The van der Waals surface area contributed by atoms with Crippen LogP contribution in [0.1, 0.15) is 5.69 Å². The van der Waals surface area contributed by atoms with E-state index < -0.39 is 0 Å². The van der Waals surface area contributed by atoms with E-state index in [1.165, 1.54) is 0 Å². The third kappa shape index (κ3) is 1.98. The molecule has 1 aliphatic heterocycles. The zero-order chi connectivity index (χ0) is 11.4. The molecule has 84 valence electrons. The molecule has 1 aliphatic rings. The van der Waals surface area contributed by atoms with Gasteiger partial charge in [-0.1, -0.05) is 0 Å². The molecule has 0 bridgehead atoms. The van der Waals surface area contributed by atoms with Crippen molar-refractivity contribution in [2.75, 3.05) is 31.3 Å². The standard InChI is InChI=1S/C11H13N3O2/c12-6-10-11(2-1-3-13-10)14-4-5-16-8-9(14)7-15/h1-3,9,15H,4-5,7-8H2. The Morgan fingerprint density at radius 3 is 3.31 bits per heavy atom. The van der Waals surface area contributed by atoms with Crippen LogP contribution in [0.15, 0.2) is 18.3 Å². The predicted molar refractivity (Wildman–Crippen MR) is 58.0 cm³/mol. The number of nitrogens with zero attached hydrogens (tertiary/aromatic N) is 3. The van der Waals surface area contributed by atoms with Gasteiger partial charge in [-0.25, -0.2) is 4.98 Å². The quantitative estimate of drug-likeness (QED) is 0.766. The average Bonchev–Trinajstić information content (AvgIpc) is 2.38. The van der Waals surface area contributed by atoms with Crippen LogP contribution in [0.3, 0.4) is 0 Å². The van der Waals surface area contributed by atoms with Gasteiger partial charge in [-0.05, 0) is 12.1 Å². The number of morpholine rings is 1. The van der Waals surface area contributed by atoms with E-state index in [0.29, 0.717) is 25.5 Å². The fourth-order valence-electron chi connectivity index (χ4n) is 1.84. The van der Waals surface area contributed by atoms with Crippen LogP contribution in [0, 0.1) is 11.3 Å². The van der Waals surface area contributed by atoms with Crippen molar-refractivity contribution in [2.24, 2.45) is 0 Å². The number of rotatable bonds is 2. The number of anilines is 1. The second-order valence-corrected chi connectivity index (χ2v) is 3.59. The Morgan fingerprint density at radius 1 is 1.69 bits per heavy atom. The second-order valence-electron chi connectivity index (χ2n) is 3.59. The van der Waals surface area contributed by atoms with Gasteiger partial charge in [-0.2, -0.15) is 5.26 Å². The lowest BCUT2D eigenvalue weighted by molar-refractivity contribution is 0.0726. The Bertz CT molecular complexity index is 402. The van der Waals surface area contributed by atoms with Crippen LogP contribution in [-0.2, 0) is 4.74 Å². The molecule has 5 heteroatoms. The maximum atomic E-state index is 9.26. The molecule has 2 rings (SSSR count). The van der Waals surface area contributed by atoms with Gasteiger partial charge in [0.25, 0.3) is 0 Å². The lowest BCUT2D eigenvalue weighted by atomic mass is 10.2. The molecule has 0 spiro atoms. The molecular weight excluding hydrogens is 206 g/mol. The molecule has 0 amide bonds. The summed E-state index contributed by atoms with van der Waals surface area (Å²) < 4.78 is 5.29. The van der Waals surface area contributed by atoms with E-state index in [1.54, 1.807) is 12.3 Å². The van der Waals surface area contributed by atoms with E-state index in [9.17, 15) is 5.11 Å². The number of ether oxygens (including phenoxy) is 1. The topological polar surface area (TPSA) is 69.4 Å². The maximum Gasteiger partial charge on any atom is 0.163 e. The van der Waals surface area contributed by atoms with Crippen LogP contribution < -0.4 is 4.90 Å². The summed E-state index contributed by atoms with van der Waals surface area (Å²) in [5.41, 5.74) is 1.16. The number of nitriles is 1. The lowest BCUT2D eigenvalue weighted by Gasteiger charge is -2.36. The SMILES string of the molecule is N#Cc1ncccc1N1CCOCC1CO. The molecule has 1 unspecified atom stereocenters. The molecule has 0 radical (unpaired) electrons. The van der Waals surface area contributed by atoms with Crippen molar-refractivity contribution >= 4 is 5.69 Å². The van der Waals surface area contributed by atoms with Crippen molar-refractivity contribution in [3.05, 3.63) is 24.0 Å². The highest BCUT2D eigenvalue weighted by atomic mass is 16.5. The summed E-state index contributed by atoms with van der Waals surface area (Å²) in [5.74, 6) is 0. The summed E-state index contributed by atoms with van der Waals surface area (Å²) in [4.78, 5) is 6.00. The molecule has 1 aromatic heterocycles. The molecule has 1 aromatic rings. The summed E-state index contributed by atoms with van der Waals surface area (Å²) in [7, 11) is 0. The maximum absolute atomic E-state index is 9.26. The van der Waals surface area contributed by atoms with E-state index in [0.717, 1.165) is 5.69 Å². The number of hydrogen-bond donors (Lipinski definition) is 1. The van der Waals surface area contributed by atoms with Crippen LogP contribution in [0.5, 0.6) is 0 Å². The van der Waals surface area contributed by atoms with Crippen molar-refractivity contribution in [1.29, 1.82) is 5.26 Å². The molecular formula is C11H13N3O2. The smallest absolute Gasteiger partial charge is 0.163 e. The van der Waals surface area contributed by atoms with Crippen LogP contribution in [-0.4, -0.2) is 42.5 Å². The fraction of sp³-hybridized carbons (Fsp3) is 0.455. The minimum Gasteiger partial charge on any atom is -0.394 e. The largest absolute Gasteiger partial charge is 0.394 e. The highest BCUT2D eigenvalue weighted by Crippen LogP contribution is 2.21.